The molecule has 1 heterocycles. The fraction of sp³-hybridized carbons (Fsp3) is 0.500. The number of para-hydroxylation sites is 1. The normalized spacial score (nSPS) is 21.8. The maximum atomic E-state index is 12.9. The number of nitrogens with one attached hydrogen (secondary N) is 2. The van der Waals surface area contributed by atoms with Gasteiger partial charge in [-0.15, -0.1) is 0 Å². The minimum atomic E-state index is -1.06. The highest BCUT2D eigenvalue weighted by atomic mass is 16.5. The molecular formula is C28H37BN2O4. The molecule has 7 heteroatoms. The SMILES string of the molecule is CNCc1ccccc1CNC1CCC(CC(=O)C[C@H]2Cc3cccc(C(C)=O)c3OB2O)CC1. The van der Waals surface area contributed by atoms with Crippen molar-refractivity contribution < 1.29 is 19.3 Å². The second-order valence-corrected chi connectivity index (χ2v) is 10.2. The van der Waals surface area contributed by atoms with Crippen molar-refractivity contribution in [2.45, 2.75) is 76.8 Å². The van der Waals surface area contributed by atoms with E-state index >= 15 is 0 Å². The Balaban J connectivity index is 1.22. The Morgan fingerprint density at radius 1 is 1.00 bits per heavy atom. The van der Waals surface area contributed by atoms with Gasteiger partial charge in [-0.25, -0.2) is 0 Å². The van der Waals surface area contributed by atoms with Crippen molar-refractivity contribution in [1.82, 2.24) is 10.6 Å². The summed E-state index contributed by atoms with van der Waals surface area (Å²) in [6.45, 7) is 3.24. The van der Waals surface area contributed by atoms with E-state index in [0.29, 0.717) is 42.5 Å². The molecule has 35 heavy (non-hydrogen) atoms. The lowest BCUT2D eigenvalue weighted by molar-refractivity contribution is -0.120. The van der Waals surface area contributed by atoms with Crippen LogP contribution in [-0.4, -0.2) is 36.8 Å². The van der Waals surface area contributed by atoms with Gasteiger partial charge in [-0.2, -0.15) is 0 Å². The number of ketones is 2. The average molecular weight is 476 g/mol. The summed E-state index contributed by atoms with van der Waals surface area (Å²) in [4.78, 5) is 24.7. The Labute approximate surface area is 209 Å². The molecule has 3 N–H and O–H groups in total. The van der Waals surface area contributed by atoms with Gasteiger partial charge in [-0.1, -0.05) is 36.4 Å². The molecule has 4 rings (SSSR count). The quantitative estimate of drug-likeness (QED) is 0.354. The lowest BCUT2D eigenvalue weighted by atomic mass is 9.64. The van der Waals surface area contributed by atoms with Gasteiger partial charge in [0.05, 0.1) is 5.56 Å². The maximum absolute atomic E-state index is 12.9. The van der Waals surface area contributed by atoms with Crippen LogP contribution in [0.15, 0.2) is 42.5 Å². The number of Topliss-reactive ketones (excluding diaryl/α,β-unsaturated/α-hetero) is 2. The zero-order valence-electron chi connectivity index (χ0n) is 20.9. The van der Waals surface area contributed by atoms with Gasteiger partial charge < -0.3 is 20.3 Å². The van der Waals surface area contributed by atoms with E-state index in [0.717, 1.165) is 44.3 Å². The van der Waals surface area contributed by atoms with Crippen molar-refractivity contribution in [3.05, 3.63) is 64.7 Å². The zero-order chi connectivity index (χ0) is 24.8. The van der Waals surface area contributed by atoms with E-state index < -0.39 is 7.12 Å². The average Bonchev–Trinajstić information content (AvgIpc) is 2.84. The van der Waals surface area contributed by atoms with E-state index in [1.807, 2.05) is 19.2 Å². The Morgan fingerprint density at radius 2 is 1.71 bits per heavy atom. The molecule has 1 atom stereocenters. The Morgan fingerprint density at radius 3 is 2.40 bits per heavy atom. The first-order valence-corrected chi connectivity index (χ1v) is 12.9. The second kappa shape index (κ2) is 12.0. The molecule has 2 aromatic carbocycles. The van der Waals surface area contributed by atoms with Gasteiger partial charge in [0.1, 0.15) is 11.5 Å². The molecule has 6 nitrogen and oxygen atoms in total. The number of fused-ring (bicyclic) bond motifs is 1. The fourth-order valence-corrected chi connectivity index (χ4v) is 5.55. The van der Waals surface area contributed by atoms with Crippen LogP contribution in [0.2, 0.25) is 5.82 Å². The summed E-state index contributed by atoms with van der Waals surface area (Å²) in [5.41, 5.74) is 4.05. The molecule has 2 aromatic rings. The summed E-state index contributed by atoms with van der Waals surface area (Å²) in [6, 6.07) is 14.5. The fourth-order valence-electron chi connectivity index (χ4n) is 5.55. The molecule has 1 saturated carbocycles. The van der Waals surface area contributed by atoms with E-state index in [2.05, 4.69) is 34.9 Å². The molecule has 0 saturated heterocycles. The highest BCUT2D eigenvalue weighted by Crippen LogP contribution is 2.37. The van der Waals surface area contributed by atoms with Crippen LogP contribution in [0.4, 0.5) is 0 Å². The Kier molecular flexibility index (Phi) is 8.76. The van der Waals surface area contributed by atoms with E-state index in [-0.39, 0.29) is 17.4 Å². The van der Waals surface area contributed by atoms with Gasteiger partial charge in [0, 0.05) is 37.8 Å². The Bertz CT molecular complexity index is 1040. The van der Waals surface area contributed by atoms with E-state index in [4.69, 9.17) is 4.65 Å². The van der Waals surface area contributed by atoms with Gasteiger partial charge in [-0.05, 0) is 74.8 Å². The van der Waals surface area contributed by atoms with Crippen molar-refractivity contribution in [1.29, 1.82) is 0 Å². The van der Waals surface area contributed by atoms with Gasteiger partial charge in [-0.3, -0.25) is 9.59 Å². The first-order valence-electron chi connectivity index (χ1n) is 12.9. The minimum Gasteiger partial charge on any atom is -0.535 e. The van der Waals surface area contributed by atoms with Crippen molar-refractivity contribution in [2.24, 2.45) is 5.92 Å². The van der Waals surface area contributed by atoms with Crippen molar-refractivity contribution in [3.8, 4) is 5.75 Å². The molecule has 2 aliphatic rings. The van der Waals surface area contributed by atoms with Crippen LogP contribution < -0.4 is 15.3 Å². The summed E-state index contributed by atoms with van der Waals surface area (Å²) in [6.07, 6.45) is 5.71. The summed E-state index contributed by atoms with van der Waals surface area (Å²) in [7, 11) is 0.913. The summed E-state index contributed by atoms with van der Waals surface area (Å²) in [5.74, 6) is 0.718. The minimum absolute atomic E-state index is 0.0872. The molecule has 1 aliphatic carbocycles. The van der Waals surface area contributed by atoms with Crippen LogP contribution in [-0.2, 0) is 24.3 Å². The third-order valence-electron chi connectivity index (χ3n) is 7.52. The molecule has 0 aromatic heterocycles. The predicted octanol–water partition coefficient (Wildman–Crippen LogP) is 4.09. The van der Waals surface area contributed by atoms with Crippen LogP contribution >= 0.6 is 0 Å². The Hall–Kier alpha value is -2.48. The van der Waals surface area contributed by atoms with Crippen molar-refractivity contribution in [2.75, 3.05) is 7.05 Å². The van der Waals surface area contributed by atoms with Crippen LogP contribution in [0.25, 0.3) is 0 Å². The van der Waals surface area contributed by atoms with E-state index in [9.17, 15) is 14.6 Å². The zero-order valence-corrected chi connectivity index (χ0v) is 20.9. The van der Waals surface area contributed by atoms with Crippen LogP contribution in [0, 0.1) is 5.92 Å². The van der Waals surface area contributed by atoms with Gasteiger partial charge in [0.2, 0.25) is 0 Å². The lowest BCUT2D eigenvalue weighted by Crippen LogP contribution is -2.36. The number of benzene rings is 2. The molecule has 186 valence electrons. The van der Waals surface area contributed by atoms with Crippen LogP contribution in [0.5, 0.6) is 5.75 Å². The van der Waals surface area contributed by atoms with E-state index in [1.54, 1.807) is 6.07 Å². The monoisotopic (exact) mass is 476 g/mol. The number of hydrogen-bond donors (Lipinski definition) is 3. The molecule has 1 aliphatic heterocycles. The number of carbonyl (C=O) groups excluding carboxylic acids is 2. The third kappa shape index (κ3) is 6.60. The van der Waals surface area contributed by atoms with Crippen molar-refractivity contribution in [3.63, 3.8) is 0 Å². The van der Waals surface area contributed by atoms with Gasteiger partial charge >= 0.3 is 7.12 Å². The second-order valence-electron chi connectivity index (χ2n) is 10.2. The van der Waals surface area contributed by atoms with Crippen LogP contribution in [0.1, 0.15) is 72.5 Å². The number of rotatable bonds is 10. The summed E-state index contributed by atoms with van der Waals surface area (Å²) >= 11 is 0. The van der Waals surface area contributed by atoms with Gasteiger partial charge in [0.25, 0.3) is 0 Å². The van der Waals surface area contributed by atoms with Crippen LogP contribution in [0.3, 0.4) is 0 Å². The molecule has 0 radical (unpaired) electrons. The molecule has 0 amide bonds. The lowest BCUT2D eigenvalue weighted by Gasteiger charge is -2.30. The smallest absolute Gasteiger partial charge is 0.526 e. The summed E-state index contributed by atoms with van der Waals surface area (Å²) in [5, 5.41) is 17.5. The van der Waals surface area contributed by atoms with E-state index in [1.165, 1.54) is 18.1 Å². The third-order valence-corrected chi connectivity index (χ3v) is 7.52. The molecule has 0 unspecified atom stereocenters. The maximum Gasteiger partial charge on any atom is 0.526 e. The first kappa shape index (κ1) is 25.6. The highest BCUT2D eigenvalue weighted by molar-refractivity contribution is 6.47. The molecule has 0 bridgehead atoms. The van der Waals surface area contributed by atoms with Gasteiger partial charge in [0.15, 0.2) is 5.78 Å². The predicted molar refractivity (Wildman–Crippen MR) is 139 cm³/mol. The molecule has 0 spiro atoms. The van der Waals surface area contributed by atoms with Crippen molar-refractivity contribution >= 4 is 18.7 Å². The number of carbonyl (C=O) groups is 2. The standard InChI is InChI=1S/C28H37BN2O4/c1-19(32)27-9-5-8-21-15-24(29(34)35-28(21)27)16-26(33)14-20-10-12-25(13-11-20)31-18-23-7-4-3-6-22(23)17-30-2/h3-9,20,24-25,30-31,34H,10-18H2,1-2H3/t20?,24-,25?/m1/s1. The largest absolute Gasteiger partial charge is 0.535 e. The summed E-state index contributed by atoms with van der Waals surface area (Å²) < 4.78 is 5.70. The number of hydrogen-bond acceptors (Lipinski definition) is 6. The molecular weight excluding hydrogens is 439 g/mol. The molecule has 1 fully saturated rings. The topological polar surface area (TPSA) is 87.7 Å². The highest BCUT2D eigenvalue weighted by Gasteiger charge is 2.37. The first-order chi connectivity index (χ1) is 16.9.